The lowest BCUT2D eigenvalue weighted by molar-refractivity contribution is -0.125. The summed E-state index contributed by atoms with van der Waals surface area (Å²) >= 11 is 6.55. The number of carbonyl (C=O) groups is 3. The van der Waals surface area contributed by atoms with Gasteiger partial charge in [-0.3, -0.25) is 14.6 Å². The predicted molar refractivity (Wildman–Crippen MR) is 162 cm³/mol. The number of hydrogen-bond acceptors (Lipinski definition) is 7. The Morgan fingerprint density at radius 1 is 0.953 bits per heavy atom. The van der Waals surface area contributed by atoms with Gasteiger partial charge in [-0.05, 0) is 68.3 Å². The number of halogens is 2. The van der Waals surface area contributed by atoms with Gasteiger partial charge in [-0.15, -0.1) is 0 Å². The SMILES string of the molecule is CC(=O)N1CCN(c2ccc(-c3cc(F)cc(-c4ccnc(N5CCN(C(=O)OC(C)(C)C)CC5)c4)c3O)cc2Cl)C1=O. The van der Waals surface area contributed by atoms with Crippen LogP contribution in [0.1, 0.15) is 27.7 Å². The maximum absolute atomic E-state index is 15.0. The van der Waals surface area contributed by atoms with Crippen LogP contribution < -0.4 is 9.80 Å². The molecule has 2 aliphatic rings. The molecule has 3 heterocycles. The molecule has 2 aliphatic heterocycles. The van der Waals surface area contributed by atoms with Crippen LogP contribution in [0.5, 0.6) is 5.75 Å². The van der Waals surface area contributed by atoms with Crippen molar-refractivity contribution in [1.82, 2.24) is 14.8 Å². The fraction of sp³-hybridized carbons (Fsp3) is 0.355. The molecule has 2 aromatic carbocycles. The van der Waals surface area contributed by atoms with Gasteiger partial charge in [0.2, 0.25) is 5.91 Å². The highest BCUT2D eigenvalue weighted by atomic mass is 35.5. The van der Waals surface area contributed by atoms with E-state index in [0.29, 0.717) is 55.4 Å². The van der Waals surface area contributed by atoms with Crippen LogP contribution >= 0.6 is 11.6 Å². The molecule has 2 fully saturated rings. The van der Waals surface area contributed by atoms with Crippen molar-refractivity contribution in [3.63, 3.8) is 0 Å². The van der Waals surface area contributed by atoms with Crippen LogP contribution in [-0.4, -0.2) is 82.8 Å². The van der Waals surface area contributed by atoms with E-state index in [-0.39, 0.29) is 40.4 Å². The van der Waals surface area contributed by atoms with Crippen LogP contribution in [-0.2, 0) is 9.53 Å². The number of rotatable bonds is 4. The number of benzene rings is 2. The summed E-state index contributed by atoms with van der Waals surface area (Å²) in [6.45, 7) is 9.35. The first kappa shape index (κ1) is 30.1. The second kappa shape index (κ2) is 11.7. The molecule has 0 atom stereocenters. The van der Waals surface area contributed by atoms with Gasteiger partial charge in [0.1, 0.15) is 23.0 Å². The standard InChI is InChI=1S/C31H33ClFN5O5/c1-19(39)37-13-14-38(29(37)41)26-6-5-20(15-25(26)32)23-17-22(33)18-24(28(23)40)21-7-8-34-27(16-21)35-9-11-36(12-10-35)30(42)43-31(2,3)4/h5-8,15-18,40H,9-14H2,1-4H3. The monoisotopic (exact) mass is 609 g/mol. The minimum absolute atomic E-state index is 0.142. The Hall–Kier alpha value is -4.38. The Morgan fingerprint density at radius 2 is 1.60 bits per heavy atom. The van der Waals surface area contributed by atoms with Crippen LogP contribution in [0.25, 0.3) is 22.3 Å². The highest BCUT2D eigenvalue weighted by Crippen LogP contribution is 2.42. The molecular formula is C31H33ClFN5O5. The number of aromatic hydroxyl groups is 1. The molecule has 4 amide bonds. The molecule has 43 heavy (non-hydrogen) atoms. The number of anilines is 2. The molecule has 0 bridgehead atoms. The van der Waals surface area contributed by atoms with Crippen LogP contribution in [0.4, 0.5) is 25.5 Å². The molecule has 5 rings (SSSR count). The average molecular weight is 610 g/mol. The van der Waals surface area contributed by atoms with Crippen LogP contribution in [0.3, 0.4) is 0 Å². The summed E-state index contributed by atoms with van der Waals surface area (Å²) in [6, 6.07) is 10.3. The molecule has 3 aromatic rings. The van der Waals surface area contributed by atoms with Crippen molar-refractivity contribution in [2.24, 2.45) is 0 Å². The third-order valence-electron chi connectivity index (χ3n) is 7.33. The smallest absolute Gasteiger partial charge is 0.410 e. The Kier molecular flexibility index (Phi) is 8.20. The fourth-order valence-electron chi connectivity index (χ4n) is 5.19. The number of carbonyl (C=O) groups excluding carboxylic acids is 3. The lowest BCUT2D eigenvalue weighted by Gasteiger charge is -2.36. The normalized spacial score (nSPS) is 15.7. The lowest BCUT2D eigenvalue weighted by atomic mass is 9.97. The zero-order chi connectivity index (χ0) is 31.1. The van der Waals surface area contributed by atoms with Gasteiger partial charge in [-0.2, -0.15) is 0 Å². The summed E-state index contributed by atoms with van der Waals surface area (Å²) < 4.78 is 20.4. The van der Waals surface area contributed by atoms with Crippen molar-refractivity contribution >= 4 is 41.1 Å². The Balaban J connectivity index is 1.37. The minimum Gasteiger partial charge on any atom is -0.507 e. The molecule has 12 heteroatoms. The van der Waals surface area contributed by atoms with Gasteiger partial charge in [0.15, 0.2) is 0 Å². The van der Waals surface area contributed by atoms with Gasteiger partial charge in [-0.1, -0.05) is 17.7 Å². The summed E-state index contributed by atoms with van der Waals surface area (Å²) in [6.07, 6.45) is 1.24. The zero-order valence-electron chi connectivity index (χ0n) is 24.4. The van der Waals surface area contributed by atoms with Crippen molar-refractivity contribution in [3.05, 3.63) is 59.5 Å². The van der Waals surface area contributed by atoms with Crippen LogP contribution in [0, 0.1) is 5.82 Å². The summed E-state index contributed by atoms with van der Waals surface area (Å²) in [7, 11) is 0. The summed E-state index contributed by atoms with van der Waals surface area (Å²) in [4.78, 5) is 47.5. The van der Waals surface area contributed by atoms with E-state index in [9.17, 15) is 23.9 Å². The van der Waals surface area contributed by atoms with Gasteiger partial charge < -0.3 is 19.6 Å². The second-order valence-electron chi connectivity index (χ2n) is 11.5. The number of phenols is 1. The number of piperazine rings is 1. The first-order valence-electron chi connectivity index (χ1n) is 13.9. The number of phenolic OH excluding ortho intramolecular Hbond substituents is 1. The highest BCUT2D eigenvalue weighted by Gasteiger charge is 2.33. The van der Waals surface area contributed by atoms with E-state index in [0.717, 1.165) is 4.90 Å². The molecular weight excluding hydrogens is 577 g/mol. The Labute approximate surface area is 254 Å². The molecule has 10 nitrogen and oxygen atoms in total. The molecule has 0 unspecified atom stereocenters. The molecule has 0 saturated carbocycles. The second-order valence-corrected chi connectivity index (χ2v) is 11.9. The molecule has 2 saturated heterocycles. The van der Waals surface area contributed by atoms with E-state index >= 15 is 0 Å². The molecule has 0 aliphatic carbocycles. The third-order valence-corrected chi connectivity index (χ3v) is 7.63. The quantitative estimate of drug-likeness (QED) is 0.401. The number of imide groups is 1. The number of ether oxygens (including phenoxy) is 1. The maximum atomic E-state index is 15.0. The topological polar surface area (TPSA) is 107 Å². The summed E-state index contributed by atoms with van der Waals surface area (Å²) in [5, 5.41) is 11.5. The number of aromatic nitrogens is 1. The Bertz CT molecular complexity index is 1590. The van der Waals surface area contributed by atoms with Crippen molar-refractivity contribution in [2.45, 2.75) is 33.3 Å². The van der Waals surface area contributed by atoms with E-state index < -0.39 is 17.4 Å². The van der Waals surface area contributed by atoms with Crippen LogP contribution in [0.15, 0.2) is 48.7 Å². The van der Waals surface area contributed by atoms with Gasteiger partial charge in [0.25, 0.3) is 0 Å². The van der Waals surface area contributed by atoms with E-state index in [2.05, 4.69) is 4.98 Å². The zero-order valence-corrected chi connectivity index (χ0v) is 25.2. The highest BCUT2D eigenvalue weighted by molar-refractivity contribution is 6.34. The average Bonchev–Trinajstić information content (AvgIpc) is 3.34. The van der Waals surface area contributed by atoms with E-state index in [1.807, 2.05) is 25.7 Å². The van der Waals surface area contributed by atoms with Crippen molar-refractivity contribution in [3.8, 4) is 28.0 Å². The van der Waals surface area contributed by atoms with Crippen molar-refractivity contribution in [2.75, 3.05) is 49.1 Å². The first-order valence-corrected chi connectivity index (χ1v) is 14.3. The van der Waals surface area contributed by atoms with Gasteiger partial charge >= 0.3 is 12.1 Å². The molecule has 226 valence electrons. The fourth-order valence-corrected chi connectivity index (χ4v) is 5.47. The van der Waals surface area contributed by atoms with Crippen LogP contribution in [0.2, 0.25) is 5.02 Å². The maximum Gasteiger partial charge on any atom is 0.410 e. The molecule has 1 N–H and O–H groups in total. The number of hydrogen-bond donors (Lipinski definition) is 1. The number of urea groups is 1. The van der Waals surface area contributed by atoms with Crippen molar-refractivity contribution in [1.29, 1.82) is 0 Å². The number of pyridine rings is 1. The van der Waals surface area contributed by atoms with Gasteiger partial charge in [0.05, 0.1) is 10.7 Å². The molecule has 0 spiro atoms. The van der Waals surface area contributed by atoms with E-state index in [1.54, 1.807) is 41.4 Å². The Morgan fingerprint density at radius 3 is 2.19 bits per heavy atom. The first-order chi connectivity index (χ1) is 20.3. The van der Waals surface area contributed by atoms with Gasteiger partial charge in [-0.25, -0.2) is 19.0 Å². The van der Waals surface area contributed by atoms with Gasteiger partial charge in [0, 0.05) is 63.5 Å². The molecule has 1 aromatic heterocycles. The molecule has 0 radical (unpaired) electrons. The summed E-state index contributed by atoms with van der Waals surface area (Å²) in [5.41, 5.74) is 1.36. The van der Waals surface area contributed by atoms with Crippen molar-refractivity contribution < 1.29 is 28.6 Å². The number of nitrogens with zero attached hydrogens (tertiary/aromatic N) is 5. The lowest BCUT2D eigenvalue weighted by Crippen LogP contribution is -2.50. The van der Waals surface area contributed by atoms with E-state index in [4.69, 9.17) is 16.3 Å². The largest absolute Gasteiger partial charge is 0.507 e. The predicted octanol–water partition coefficient (Wildman–Crippen LogP) is 5.76. The van der Waals surface area contributed by atoms with E-state index in [1.165, 1.54) is 24.0 Å². The minimum atomic E-state index is -0.575. The third kappa shape index (κ3) is 6.36. The number of amides is 4. The summed E-state index contributed by atoms with van der Waals surface area (Å²) in [5.74, 6) is -0.412.